The molecule has 1 N–H and O–H groups in total. The van der Waals surface area contributed by atoms with Crippen LogP contribution in [-0.4, -0.2) is 26.3 Å². The van der Waals surface area contributed by atoms with Crippen LogP contribution in [0.2, 0.25) is 0 Å². The molecule has 0 unspecified atom stereocenters. The number of ether oxygens (including phenoxy) is 1. The average Bonchev–Trinajstić information content (AvgIpc) is 2.01. The summed E-state index contributed by atoms with van der Waals surface area (Å²) in [6.45, 7) is 11.4. The Hall–Kier alpha value is -0.340. The van der Waals surface area contributed by atoms with E-state index in [0.29, 0.717) is 6.61 Å². The molecule has 0 aromatic rings. The summed E-state index contributed by atoms with van der Waals surface area (Å²) >= 11 is 0. The van der Waals surface area contributed by atoms with E-state index in [0.717, 1.165) is 25.3 Å². The van der Waals surface area contributed by atoms with Crippen LogP contribution in [-0.2, 0) is 4.74 Å². The third-order valence-corrected chi connectivity index (χ3v) is 1.31. The van der Waals surface area contributed by atoms with Crippen molar-refractivity contribution in [2.45, 2.75) is 20.3 Å². The van der Waals surface area contributed by atoms with E-state index in [1.165, 1.54) is 6.42 Å². The lowest BCUT2D eigenvalue weighted by atomic mass is 10.3. The van der Waals surface area contributed by atoms with Gasteiger partial charge in [-0.25, -0.2) is 0 Å². The second kappa shape index (κ2) is 7.76. The van der Waals surface area contributed by atoms with Crippen LogP contribution in [0.25, 0.3) is 0 Å². The summed E-state index contributed by atoms with van der Waals surface area (Å²) in [4.78, 5) is 0. The number of nitrogens with one attached hydrogen (secondary N) is 1. The molecule has 0 radical (unpaired) electrons. The molecule has 0 aliphatic heterocycles. The molecule has 66 valence electrons. The van der Waals surface area contributed by atoms with Crippen molar-refractivity contribution in [3.05, 3.63) is 12.2 Å². The van der Waals surface area contributed by atoms with Gasteiger partial charge < -0.3 is 10.1 Å². The highest BCUT2D eigenvalue weighted by molar-refractivity contribution is 4.96. The molecule has 0 rings (SSSR count). The van der Waals surface area contributed by atoms with Crippen LogP contribution >= 0.6 is 0 Å². The first-order valence-corrected chi connectivity index (χ1v) is 4.26. The molecule has 11 heavy (non-hydrogen) atoms. The molecule has 0 amide bonds. The molecule has 2 heteroatoms. The Balaban J connectivity index is 3.09. The molecule has 0 heterocycles. The van der Waals surface area contributed by atoms with Gasteiger partial charge in [-0.1, -0.05) is 13.5 Å². The second-order valence-corrected chi connectivity index (χ2v) is 2.56. The van der Waals surface area contributed by atoms with Crippen LogP contribution in [0.3, 0.4) is 0 Å². The first kappa shape index (κ1) is 10.7. The average molecular weight is 157 g/mol. The van der Waals surface area contributed by atoms with Crippen LogP contribution in [0.1, 0.15) is 20.3 Å². The Morgan fingerprint density at radius 3 is 2.73 bits per heavy atom. The highest BCUT2D eigenvalue weighted by Crippen LogP contribution is 1.88. The highest BCUT2D eigenvalue weighted by Gasteiger charge is 1.91. The molecule has 2 nitrogen and oxygen atoms in total. The van der Waals surface area contributed by atoms with Crippen molar-refractivity contribution in [1.29, 1.82) is 0 Å². The number of hydrogen-bond acceptors (Lipinski definition) is 2. The minimum atomic E-state index is 0.688. The molecule has 0 aliphatic rings. The fourth-order valence-electron chi connectivity index (χ4n) is 0.739. The van der Waals surface area contributed by atoms with Crippen molar-refractivity contribution >= 4 is 0 Å². The summed E-state index contributed by atoms with van der Waals surface area (Å²) in [5.74, 6) is 0. The zero-order chi connectivity index (χ0) is 8.53. The Kier molecular flexibility index (Phi) is 7.52. The van der Waals surface area contributed by atoms with Crippen LogP contribution in [0.4, 0.5) is 0 Å². The van der Waals surface area contributed by atoms with E-state index in [2.05, 4.69) is 18.8 Å². The van der Waals surface area contributed by atoms with E-state index in [9.17, 15) is 0 Å². The maximum absolute atomic E-state index is 5.19. The molecule has 0 aromatic carbocycles. The van der Waals surface area contributed by atoms with Gasteiger partial charge >= 0.3 is 0 Å². The zero-order valence-electron chi connectivity index (χ0n) is 7.65. The topological polar surface area (TPSA) is 21.3 Å². The van der Waals surface area contributed by atoms with Crippen LogP contribution < -0.4 is 5.32 Å². The number of hydrogen-bond donors (Lipinski definition) is 1. The Labute approximate surface area is 69.6 Å². The smallest absolute Gasteiger partial charge is 0.0686 e. The number of rotatable bonds is 7. The molecular weight excluding hydrogens is 138 g/mol. The van der Waals surface area contributed by atoms with Crippen molar-refractivity contribution < 1.29 is 4.74 Å². The van der Waals surface area contributed by atoms with Crippen LogP contribution in [0.15, 0.2) is 12.2 Å². The summed E-state index contributed by atoms with van der Waals surface area (Å²) in [6, 6.07) is 0. The highest BCUT2D eigenvalue weighted by atomic mass is 16.5. The Morgan fingerprint density at radius 2 is 2.18 bits per heavy atom. The second-order valence-electron chi connectivity index (χ2n) is 2.56. The lowest BCUT2D eigenvalue weighted by Crippen LogP contribution is -2.19. The van der Waals surface area contributed by atoms with Gasteiger partial charge in [-0.3, -0.25) is 0 Å². The van der Waals surface area contributed by atoms with Gasteiger partial charge in [-0.15, -0.1) is 0 Å². The maximum atomic E-state index is 5.19. The molecule has 0 spiro atoms. The van der Waals surface area contributed by atoms with Gasteiger partial charge in [0.1, 0.15) is 0 Å². The van der Waals surface area contributed by atoms with Crippen molar-refractivity contribution in [3.63, 3.8) is 0 Å². The fraction of sp³-hybridized carbons (Fsp3) is 0.778. The first-order valence-electron chi connectivity index (χ1n) is 4.26. The lowest BCUT2D eigenvalue weighted by Gasteiger charge is -2.05. The van der Waals surface area contributed by atoms with Gasteiger partial charge in [0.15, 0.2) is 0 Å². The van der Waals surface area contributed by atoms with Crippen LogP contribution in [0.5, 0.6) is 0 Å². The first-order chi connectivity index (χ1) is 5.31. The standard InChI is InChI=1S/C9H19NO/c1-4-6-10-7-9(3)8-11-5-2/h10H,3-8H2,1-2H3. The van der Waals surface area contributed by atoms with Crippen molar-refractivity contribution in [2.75, 3.05) is 26.3 Å². The van der Waals surface area contributed by atoms with Gasteiger partial charge in [-0.2, -0.15) is 0 Å². The van der Waals surface area contributed by atoms with E-state index >= 15 is 0 Å². The quantitative estimate of drug-likeness (QED) is 0.447. The predicted molar refractivity (Wildman–Crippen MR) is 48.8 cm³/mol. The summed E-state index contributed by atoms with van der Waals surface area (Å²) in [5, 5.41) is 3.26. The predicted octanol–water partition coefficient (Wildman–Crippen LogP) is 1.58. The summed E-state index contributed by atoms with van der Waals surface area (Å²) in [5.41, 5.74) is 1.13. The fourth-order valence-corrected chi connectivity index (χ4v) is 0.739. The van der Waals surface area contributed by atoms with Crippen molar-refractivity contribution in [1.82, 2.24) is 5.32 Å². The Bertz CT molecular complexity index is 102. The summed E-state index contributed by atoms with van der Waals surface area (Å²) in [7, 11) is 0. The molecule has 0 saturated carbocycles. The molecule has 0 aliphatic carbocycles. The van der Waals surface area contributed by atoms with Crippen LogP contribution in [0, 0.1) is 0 Å². The molecular formula is C9H19NO. The summed E-state index contributed by atoms with van der Waals surface area (Å²) in [6.07, 6.45) is 1.17. The van der Waals surface area contributed by atoms with E-state index in [1.54, 1.807) is 0 Å². The van der Waals surface area contributed by atoms with Gasteiger partial charge in [0.05, 0.1) is 6.61 Å². The molecule has 0 saturated heterocycles. The molecule has 0 atom stereocenters. The maximum Gasteiger partial charge on any atom is 0.0686 e. The van der Waals surface area contributed by atoms with E-state index in [-0.39, 0.29) is 0 Å². The minimum Gasteiger partial charge on any atom is -0.377 e. The molecule has 0 fully saturated rings. The van der Waals surface area contributed by atoms with Crippen molar-refractivity contribution in [3.8, 4) is 0 Å². The normalized spacial score (nSPS) is 10.0. The van der Waals surface area contributed by atoms with E-state index in [4.69, 9.17) is 4.74 Å². The Morgan fingerprint density at radius 1 is 1.45 bits per heavy atom. The van der Waals surface area contributed by atoms with Crippen molar-refractivity contribution in [2.24, 2.45) is 0 Å². The van der Waals surface area contributed by atoms with Gasteiger partial charge in [0.25, 0.3) is 0 Å². The molecule has 0 bridgehead atoms. The minimum absolute atomic E-state index is 0.688. The summed E-state index contributed by atoms with van der Waals surface area (Å²) < 4.78 is 5.19. The third-order valence-electron chi connectivity index (χ3n) is 1.31. The SMILES string of the molecule is C=C(CNCCC)COCC. The van der Waals surface area contributed by atoms with Gasteiger partial charge in [0, 0.05) is 13.2 Å². The van der Waals surface area contributed by atoms with E-state index < -0.39 is 0 Å². The third kappa shape index (κ3) is 7.56. The lowest BCUT2D eigenvalue weighted by molar-refractivity contribution is 0.169. The molecule has 0 aromatic heterocycles. The zero-order valence-corrected chi connectivity index (χ0v) is 7.65. The van der Waals surface area contributed by atoms with E-state index in [1.807, 2.05) is 6.92 Å². The largest absolute Gasteiger partial charge is 0.377 e. The van der Waals surface area contributed by atoms with Gasteiger partial charge in [0.2, 0.25) is 0 Å². The monoisotopic (exact) mass is 157 g/mol. The van der Waals surface area contributed by atoms with Gasteiger partial charge in [-0.05, 0) is 25.5 Å².